The molecule has 33 heavy (non-hydrogen) atoms. The van der Waals surface area contributed by atoms with E-state index in [2.05, 4.69) is 27.9 Å². The summed E-state index contributed by atoms with van der Waals surface area (Å²) < 4.78 is 5.71. The zero-order valence-electron chi connectivity index (χ0n) is 18.6. The summed E-state index contributed by atoms with van der Waals surface area (Å²) in [6.07, 6.45) is 4.84. The van der Waals surface area contributed by atoms with E-state index in [9.17, 15) is 10.2 Å². The van der Waals surface area contributed by atoms with Crippen molar-refractivity contribution in [2.24, 2.45) is 0 Å². The normalized spacial score (nSPS) is 11.6. The van der Waals surface area contributed by atoms with Gasteiger partial charge in [0.2, 0.25) is 5.95 Å². The molecule has 0 bridgehead atoms. The quantitative estimate of drug-likeness (QED) is 0.347. The smallest absolute Gasteiger partial charge is 0.295 e. The molecule has 168 valence electrons. The maximum atomic E-state index is 10.2. The molecule has 5 rings (SSSR count). The summed E-state index contributed by atoms with van der Waals surface area (Å²) >= 11 is 0. The van der Waals surface area contributed by atoms with Crippen LogP contribution >= 0.6 is 0 Å². The number of hydrogen-bond donors (Lipinski definition) is 3. The molecule has 0 aliphatic rings. The molecule has 9 heteroatoms. The number of aromatic hydroxyl groups is 2. The first-order chi connectivity index (χ1) is 15.9. The van der Waals surface area contributed by atoms with Crippen molar-refractivity contribution < 1.29 is 14.8 Å². The number of pyridine rings is 2. The standard InChI is InChI=1S/C24H25N7O2/c1-3-9-30-20-8-10-29(13-18(20)28-24(30)33)12-16-5-6-17-21(11-16)31(23(25)27-17)14-19-22(32)7-4-15(2)26-19/h4-8,10-11,13H,3,9,12,14H2,1-2H3,(H3-,25,27,28,32,33)/p+1. The number of nitrogen functional groups attached to an aromatic ring is 1. The van der Waals surface area contributed by atoms with Crippen LogP contribution in [-0.2, 0) is 19.6 Å². The van der Waals surface area contributed by atoms with Crippen molar-refractivity contribution in [1.29, 1.82) is 0 Å². The largest absolute Gasteiger partial charge is 0.506 e. The molecular formula is C24H26N7O2+. The fraction of sp³-hybridized carbons (Fsp3) is 0.250. The Morgan fingerprint density at radius 2 is 1.82 bits per heavy atom. The van der Waals surface area contributed by atoms with Crippen LogP contribution < -0.4 is 10.3 Å². The predicted octanol–water partition coefficient (Wildman–Crippen LogP) is 2.88. The van der Waals surface area contributed by atoms with Crippen molar-refractivity contribution in [2.45, 2.75) is 39.9 Å². The highest BCUT2D eigenvalue weighted by Gasteiger charge is 2.16. The van der Waals surface area contributed by atoms with E-state index in [1.807, 2.05) is 51.2 Å². The Bertz CT molecular complexity index is 1490. The summed E-state index contributed by atoms with van der Waals surface area (Å²) in [5, 5.41) is 20.4. The molecule has 0 unspecified atom stereocenters. The molecule has 0 spiro atoms. The molecule has 0 radical (unpaired) electrons. The number of fused-ring (bicyclic) bond motifs is 2. The number of aryl methyl sites for hydroxylation is 2. The van der Waals surface area contributed by atoms with E-state index < -0.39 is 0 Å². The lowest BCUT2D eigenvalue weighted by molar-refractivity contribution is -0.687. The van der Waals surface area contributed by atoms with Crippen molar-refractivity contribution in [3.8, 4) is 11.8 Å². The number of hydrogen-bond acceptors (Lipinski definition) is 6. The minimum atomic E-state index is 0.0402. The van der Waals surface area contributed by atoms with Gasteiger partial charge in [0, 0.05) is 23.9 Å². The first-order valence-electron chi connectivity index (χ1n) is 10.9. The van der Waals surface area contributed by atoms with E-state index >= 15 is 0 Å². The molecule has 0 saturated carbocycles. The average Bonchev–Trinajstić information content (AvgIpc) is 3.26. The van der Waals surface area contributed by atoms with Crippen LogP contribution in [0.5, 0.6) is 11.8 Å². The van der Waals surface area contributed by atoms with E-state index in [1.165, 1.54) is 0 Å². The van der Waals surface area contributed by atoms with Crippen LogP contribution in [0.25, 0.3) is 22.1 Å². The molecular weight excluding hydrogens is 418 g/mol. The first kappa shape index (κ1) is 20.7. The number of anilines is 1. The second kappa shape index (κ2) is 8.09. The summed E-state index contributed by atoms with van der Waals surface area (Å²) in [4.78, 5) is 13.2. The van der Waals surface area contributed by atoms with Crippen LogP contribution in [0, 0.1) is 6.92 Å². The zero-order valence-corrected chi connectivity index (χ0v) is 18.6. The number of benzene rings is 1. The van der Waals surface area contributed by atoms with E-state index in [0.29, 0.717) is 24.7 Å². The highest BCUT2D eigenvalue weighted by atomic mass is 16.3. The lowest BCUT2D eigenvalue weighted by atomic mass is 10.2. The van der Waals surface area contributed by atoms with Gasteiger partial charge >= 0.3 is 0 Å². The second-order valence-electron chi connectivity index (χ2n) is 8.25. The van der Waals surface area contributed by atoms with Gasteiger partial charge in [0.25, 0.3) is 6.01 Å². The Morgan fingerprint density at radius 3 is 2.64 bits per heavy atom. The number of imidazole rings is 2. The van der Waals surface area contributed by atoms with Crippen molar-refractivity contribution in [1.82, 2.24) is 24.1 Å². The molecule has 5 aromatic rings. The van der Waals surface area contributed by atoms with Crippen molar-refractivity contribution in [3.63, 3.8) is 0 Å². The van der Waals surface area contributed by atoms with Crippen molar-refractivity contribution in [2.75, 3.05) is 5.73 Å². The van der Waals surface area contributed by atoms with E-state index in [4.69, 9.17) is 5.73 Å². The van der Waals surface area contributed by atoms with Crippen LogP contribution in [0.3, 0.4) is 0 Å². The highest BCUT2D eigenvalue weighted by molar-refractivity contribution is 5.79. The monoisotopic (exact) mass is 444 g/mol. The number of rotatable bonds is 6. The summed E-state index contributed by atoms with van der Waals surface area (Å²) in [5.41, 5.74) is 12.0. The lowest BCUT2D eigenvalue weighted by Crippen LogP contribution is -2.33. The summed E-state index contributed by atoms with van der Waals surface area (Å²) in [7, 11) is 0. The van der Waals surface area contributed by atoms with E-state index in [0.717, 1.165) is 46.3 Å². The molecule has 0 aliphatic heterocycles. The molecule has 0 atom stereocenters. The predicted molar refractivity (Wildman–Crippen MR) is 125 cm³/mol. The molecule has 1 aromatic carbocycles. The van der Waals surface area contributed by atoms with Gasteiger partial charge in [-0.05, 0) is 37.6 Å². The van der Waals surface area contributed by atoms with Gasteiger partial charge in [-0.2, -0.15) is 9.55 Å². The topological polar surface area (TPSA) is 119 Å². The Labute approximate surface area is 190 Å². The van der Waals surface area contributed by atoms with Gasteiger partial charge in [0.15, 0.2) is 24.5 Å². The Kier molecular flexibility index (Phi) is 5.08. The third-order valence-corrected chi connectivity index (χ3v) is 5.78. The maximum Gasteiger partial charge on any atom is 0.295 e. The first-order valence-corrected chi connectivity index (χ1v) is 10.9. The van der Waals surface area contributed by atoms with Crippen LogP contribution in [0.15, 0.2) is 48.8 Å². The fourth-order valence-electron chi connectivity index (χ4n) is 4.18. The molecule has 4 N–H and O–H groups in total. The zero-order chi connectivity index (χ0) is 23.1. The number of nitrogens with two attached hydrogens (primary N) is 1. The molecule has 9 nitrogen and oxygen atoms in total. The van der Waals surface area contributed by atoms with Gasteiger partial charge in [0.05, 0.1) is 23.1 Å². The minimum absolute atomic E-state index is 0.0402. The molecule has 0 saturated heterocycles. The molecule has 0 amide bonds. The van der Waals surface area contributed by atoms with Crippen LogP contribution in [0.1, 0.15) is 30.3 Å². The average molecular weight is 445 g/mol. The Hall–Kier alpha value is -4.14. The van der Waals surface area contributed by atoms with Gasteiger partial charge in [-0.3, -0.25) is 9.55 Å². The lowest BCUT2D eigenvalue weighted by Gasteiger charge is -2.09. The van der Waals surface area contributed by atoms with Crippen LogP contribution in [-0.4, -0.2) is 34.3 Å². The van der Waals surface area contributed by atoms with Crippen LogP contribution in [0.4, 0.5) is 5.95 Å². The molecule has 4 aromatic heterocycles. The van der Waals surface area contributed by atoms with Crippen molar-refractivity contribution in [3.05, 3.63) is 65.7 Å². The van der Waals surface area contributed by atoms with E-state index in [-0.39, 0.29) is 11.8 Å². The van der Waals surface area contributed by atoms with Gasteiger partial charge < -0.3 is 20.5 Å². The number of aromatic nitrogens is 6. The van der Waals surface area contributed by atoms with Gasteiger partial charge in [-0.1, -0.05) is 13.0 Å². The molecule has 0 aliphatic carbocycles. The van der Waals surface area contributed by atoms with Gasteiger partial charge in [-0.25, -0.2) is 4.98 Å². The second-order valence-corrected chi connectivity index (χ2v) is 8.25. The summed E-state index contributed by atoms with van der Waals surface area (Å²) in [5.74, 6) is 0.503. The van der Waals surface area contributed by atoms with Gasteiger partial charge in [0.1, 0.15) is 11.4 Å². The summed E-state index contributed by atoms with van der Waals surface area (Å²) in [6.45, 7) is 5.62. The summed E-state index contributed by atoms with van der Waals surface area (Å²) in [6, 6.07) is 11.4. The minimum Gasteiger partial charge on any atom is -0.506 e. The van der Waals surface area contributed by atoms with Crippen LogP contribution in [0.2, 0.25) is 0 Å². The SMILES string of the molecule is CCCn1c(O)nc2c[n+](Cc3ccc4nc(N)n(Cc5nc(C)ccc5O)c4c3)ccc21. The highest BCUT2D eigenvalue weighted by Crippen LogP contribution is 2.24. The fourth-order valence-corrected chi connectivity index (χ4v) is 4.18. The number of nitrogens with zero attached hydrogens (tertiary/aromatic N) is 6. The molecule has 4 heterocycles. The third-order valence-electron chi connectivity index (χ3n) is 5.78. The third kappa shape index (κ3) is 3.82. The Morgan fingerprint density at radius 1 is 0.970 bits per heavy atom. The Balaban J connectivity index is 1.48. The maximum absolute atomic E-state index is 10.2. The van der Waals surface area contributed by atoms with Crippen molar-refractivity contribution >= 4 is 28.0 Å². The van der Waals surface area contributed by atoms with Gasteiger partial charge in [-0.15, -0.1) is 0 Å². The van der Waals surface area contributed by atoms with E-state index in [1.54, 1.807) is 12.1 Å². The molecule has 0 fully saturated rings.